The maximum atomic E-state index is 9.52. The molecule has 1 aliphatic rings. The van der Waals surface area contributed by atoms with Crippen LogP contribution in [0.2, 0.25) is 0 Å². The predicted octanol–water partition coefficient (Wildman–Crippen LogP) is 2.62. The Hall–Kier alpha value is -0.580. The van der Waals surface area contributed by atoms with Gasteiger partial charge in [-0.25, -0.2) is 0 Å². The Morgan fingerprint density at radius 3 is 2.65 bits per heavy atom. The van der Waals surface area contributed by atoms with Crippen LogP contribution in [0.15, 0.2) is 22.7 Å². The van der Waals surface area contributed by atoms with Crippen LogP contribution in [-0.2, 0) is 0 Å². The third kappa shape index (κ3) is 2.21. The van der Waals surface area contributed by atoms with E-state index >= 15 is 0 Å². The fourth-order valence-electron chi connectivity index (χ4n) is 2.43. The lowest BCUT2D eigenvalue weighted by Gasteiger charge is -2.45. The number of hydrogen-bond acceptors (Lipinski definition) is 3. The number of rotatable bonds is 4. The first-order valence-electron chi connectivity index (χ1n) is 5.83. The summed E-state index contributed by atoms with van der Waals surface area (Å²) in [5, 5.41) is 9.52. The van der Waals surface area contributed by atoms with Crippen molar-refractivity contribution in [3.05, 3.63) is 28.2 Å². The Bertz CT molecular complexity index is 399. The standard InChI is InChI=1S/C13H18BrNO2/c1-17-11-4-3-9(7-10(11)14)12(15)13(8-16)5-2-6-13/h3-4,7,12,16H,2,5-6,8,15H2,1H3. The number of ether oxygens (including phenoxy) is 1. The van der Waals surface area contributed by atoms with Crippen LogP contribution in [0.1, 0.15) is 30.9 Å². The van der Waals surface area contributed by atoms with E-state index < -0.39 is 0 Å². The molecule has 0 saturated heterocycles. The van der Waals surface area contributed by atoms with Crippen molar-refractivity contribution in [2.24, 2.45) is 11.1 Å². The molecule has 1 fully saturated rings. The molecule has 94 valence electrons. The highest BCUT2D eigenvalue weighted by Crippen LogP contribution is 2.49. The Kier molecular flexibility index (Phi) is 3.76. The van der Waals surface area contributed by atoms with E-state index in [0.717, 1.165) is 35.0 Å². The fourth-order valence-corrected chi connectivity index (χ4v) is 2.99. The van der Waals surface area contributed by atoms with Crippen LogP contribution in [0.3, 0.4) is 0 Å². The first kappa shape index (κ1) is 12.9. The van der Waals surface area contributed by atoms with Gasteiger partial charge in [0.1, 0.15) is 5.75 Å². The van der Waals surface area contributed by atoms with Gasteiger partial charge in [-0.1, -0.05) is 12.5 Å². The van der Waals surface area contributed by atoms with Crippen molar-refractivity contribution in [3.63, 3.8) is 0 Å². The lowest BCUT2D eigenvalue weighted by molar-refractivity contribution is 0.0184. The smallest absolute Gasteiger partial charge is 0.133 e. The zero-order valence-corrected chi connectivity index (χ0v) is 11.5. The summed E-state index contributed by atoms with van der Waals surface area (Å²) in [7, 11) is 1.64. The Labute approximate surface area is 110 Å². The van der Waals surface area contributed by atoms with Crippen LogP contribution in [-0.4, -0.2) is 18.8 Å². The topological polar surface area (TPSA) is 55.5 Å². The van der Waals surface area contributed by atoms with Crippen molar-refractivity contribution in [2.75, 3.05) is 13.7 Å². The molecular formula is C13H18BrNO2. The molecule has 1 aliphatic carbocycles. The van der Waals surface area contributed by atoms with Crippen LogP contribution in [0.4, 0.5) is 0 Å². The molecule has 1 saturated carbocycles. The van der Waals surface area contributed by atoms with Gasteiger partial charge in [0, 0.05) is 11.5 Å². The summed E-state index contributed by atoms with van der Waals surface area (Å²) in [6, 6.07) is 5.76. The van der Waals surface area contributed by atoms with E-state index in [2.05, 4.69) is 15.9 Å². The average molecular weight is 300 g/mol. The van der Waals surface area contributed by atoms with Gasteiger partial charge < -0.3 is 15.6 Å². The number of benzene rings is 1. The van der Waals surface area contributed by atoms with Gasteiger partial charge in [-0.05, 0) is 46.5 Å². The first-order valence-corrected chi connectivity index (χ1v) is 6.62. The van der Waals surface area contributed by atoms with E-state index in [4.69, 9.17) is 10.5 Å². The van der Waals surface area contributed by atoms with E-state index in [-0.39, 0.29) is 18.1 Å². The Morgan fingerprint density at radius 2 is 2.24 bits per heavy atom. The van der Waals surface area contributed by atoms with Gasteiger partial charge in [-0.15, -0.1) is 0 Å². The summed E-state index contributed by atoms with van der Waals surface area (Å²) in [6.45, 7) is 0.164. The third-order valence-electron chi connectivity index (χ3n) is 3.86. The third-order valence-corrected chi connectivity index (χ3v) is 4.48. The fraction of sp³-hybridized carbons (Fsp3) is 0.538. The summed E-state index contributed by atoms with van der Waals surface area (Å²) in [6.07, 6.45) is 3.17. The molecule has 2 rings (SSSR count). The summed E-state index contributed by atoms with van der Waals surface area (Å²) in [5.74, 6) is 0.799. The number of nitrogens with two attached hydrogens (primary N) is 1. The van der Waals surface area contributed by atoms with Crippen LogP contribution in [0.5, 0.6) is 5.75 Å². The minimum absolute atomic E-state index is 0.108. The summed E-state index contributed by atoms with van der Waals surface area (Å²) in [4.78, 5) is 0. The molecule has 0 heterocycles. The SMILES string of the molecule is COc1ccc(C(N)C2(CO)CCC2)cc1Br. The molecule has 1 unspecified atom stereocenters. The molecule has 0 aliphatic heterocycles. The van der Waals surface area contributed by atoms with Crippen molar-refractivity contribution in [3.8, 4) is 5.75 Å². The molecule has 0 spiro atoms. The van der Waals surface area contributed by atoms with Crippen LogP contribution in [0, 0.1) is 5.41 Å². The number of hydrogen-bond donors (Lipinski definition) is 2. The summed E-state index contributed by atoms with van der Waals surface area (Å²) in [5.41, 5.74) is 7.22. The second-order valence-electron chi connectivity index (χ2n) is 4.75. The average Bonchev–Trinajstić information content (AvgIpc) is 2.28. The molecule has 1 aromatic carbocycles. The van der Waals surface area contributed by atoms with E-state index in [9.17, 15) is 5.11 Å². The zero-order valence-electron chi connectivity index (χ0n) is 9.95. The minimum atomic E-state index is -0.117. The second-order valence-corrected chi connectivity index (χ2v) is 5.60. The molecule has 1 atom stereocenters. The zero-order chi connectivity index (χ0) is 12.5. The molecule has 0 aromatic heterocycles. The van der Waals surface area contributed by atoms with Crippen molar-refractivity contribution in [1.29, 1.82) is 0 Å². The molecule has 3 N–H and O–H groups in total. The maximum absolute atomic E-state index is 9.52. The quantitative estimate of drug-likeness (QED) is 0.898. The van der Waals surface area contributed by atoms with Crippen molar-refractivity contribution in [1.82, 2.24) is 0 Å². The lowest BCUT2D eigenvalue weighted by atomic mass is 9.63. The molecule has 1 aromatic rings. The number of aliphatic hydroxyl groups is 1. The van der Waals surface area contributed by atoms with Gasteiger partial charge >= 0.3 is 0 Å². The van der Waals surface area contributed by atoms with Crippen LogP contribution < -0.4 is 10.5 Å². The second kappa shape index (κ2) is 4.96. The van der Waals surface area contributed by atoms with Gasteiger partial charge in [0.05, 0.1) is 18.2 Å². The molecule has 3 nitrogen and oxygen atoms in total. The maximum Gasteiger partial charge on any atom is 0.133 e. The van der Waals surface area contributed by atoms with Crippen molar-refractivity contribution < 1.29 is 9.84 Å². The predicted molar refractivity (Wildman–Crippen MR) is 71.0 cm³/mol. The number of aliphatic hydroxyl groups excluding tert-OH is 1. The normalized spacial score (nSPS) is 19.5. The molecule has 4 heteroatoms. The molecule has 0 amide bonds. The van der Waals surface area contributed by atoms with Gasteiger partial charge in [-0.2, -0.15) is 0 Å². The van der Waals surface area contributed by atoms with Gasteiger partial charge in [0.2, 0.25) is 0 Å². The molecule has 0 radical (unpaired) electrons. The number of halogens is 1. The highest BCUT2D eigenvalue weighted by Gasteiger charge is 2.42. The van der Waals surface area contributed by atoms with Gasteiger partial charge in [0.15, 0.2) is 0 Å². The van der Waals surface area contributed by atoms with Crippen molar-refractivity contribution >= 4 is 15.9 Å². The summed E-state index contributed by atoms with van der Waals surface area (Å²) < 4.78 is 6.10. The lowest BCUT2D eigenvalue weighted by Crippen LogP contribution is -2.43. The molecule has 0 bridgehead atoms. The van der Waals surface area contributed by atoms with Crippen molar-refractivity contribution in [2.45, 2.75) is 25.3 Å². The largest absolute Gasteiger partial charge is 0.496 e. The van der Waals surface area contributed by atoms with Crippen LogP contribution >= 0.6 is 15.9 Å². The van der Waals surface area contributed by atoms with E-state index in [0.29, 0.717) is 0 Å². The molecule has 17 heavy (non-hydrogen) atoms. The van der Waals surface area contributed by atoms with E-state index in [1.807, 2.05) is 18.2 Å². The monoisotopic (exact) mass is 299 g/mol. The highest BCUT2D eigenvalue weighted by molar-refractivity contribution is 9.10. The van der Waals surface area contributed by atoms with Gasteiger partial charge in [0.25, 0.3) is 0 Å². The van der Waals surface area contributed by atoms with E-state index in [1.54, 1.807) is 7.11 Å². The van der Waals surface area contributed by atoms with Crippen LogP contribution in [0.25, 0.3) is 0 Å². The molecular weight excluding hydrogens is 282 g/mol. The first-order chi connectivity index (χ1) is 8.13. The Morgan fingerprint density at radius 1 is 1.53 bits per heavy atom. The highest BCUT2D eigenvalue weighted by atomic mass is 79.9. The minimum Gasteiger partial charge on any atom is -0.496 e. The summed E-state index contributed by atoms with van der Waals surface area (Å²) >= 11 is 3.46. The van der Waals surface area contributed by atoms with Gasteiger partial charge in [-0.3, -0.25) is 0 Å². The number of methoxy groups -OCH3 is 1. The van der Waals surface area contributed by atoms with E-state index in [1.165, 1.54) is 0 Å². The Balaban J connectivity index is 2.25.